The van der Waals surface area contributed by atoms with Crippen molar-refractivity contribution < 1.29 is 13.2 Å². The molecule has 0 saturated carbocycles. The molecule has 0 fully saturated rings. The molecule has 182 valence electrons. The van der Waals surface area contributed by atoms with Gasteiger partial charge in [0.25, 0.3) is 0 Å². The summed E-state index contributed by atoms with van der Waals surface area (Å²) in [6.07, 6.45) is -4.37. The molecule has 38 heavy (non-hydrogen) atoms. The van der Waals surface area contributed by atoms with Gasteiger partial charge < -0.3 is 0 Å². The number of halogens is 3. The molecule has 7 aromatic rings. The van der Waals surface area contributed by atoms with E-state index in [9.17, 15) is 13.2 Å². The number of alkyl halides is 3. The SMILES string of the molecule is FC(F)(F)c1ccc(-c2c3ccccc3c(-c3cc4ccccc4c4ccccc34)c3ccccc23)cc1. The quantitative estimate of drug-likeness (QED) is 0.164. The van der Waals surface area contributed by atoms with E-state index < -0.39 is 11.7 Å². The van der Waals surface area contributed by atoms with Crippen LogP contribution in [0.4, 0.5) is 13.2 Å². The first-order chi connectivity index (χ1) is 18.5. The third-order valence-electron chi connectivity index (χ3n) is 7.47. The number of benzene rings is 7. The standard InChI is InChI=1S/C35H21F3/c36-35(37,38)24-19-17-22(18-20-24)33-28-13-5-7-15-30(28)34(31-16-8-6-14-29(31)33)32-21-23-9-1-2-10-25(23)26-11-3-4-12-27(26)32/h1-21H. The molecule has 0 N–H and O–H groups in total. The van der Waals surface area contributed by atoms with Crippen molar-refractivity contribution in [3.8, 4) is 22.3 Å². The monoisotopic (exact) mass is 498 g/mol. The summed E-state index contributed by atoms with van der Waals surface area (Å²) in [5.74, 6) is 0. The molecule has 3 heteroatoms. The molecule has 0 nitrogen and oxygen atoms in total. The van der Waals surface area contributed by atoms with E-state index in [0.717, 1.165) is 43.8 Å². The van der Waals surface area contributed by atoms with Crippen molar-refractivity contribution >= 4 is 43.1 Å². The predicted molar refractivity (Wildman–Crippen MR) is 152 cm³/mol. The molecule has 0 aliphatic rings. The van der Waals surface area contributed by atoms with Crippen LogP contribution in [0.15, 0.2) is 127 Å². The Hall–Kier alpha value is -4.63. The van der Waals surface area contributed by atoms with E-state index in [2.05, 4.69) is 78.9 Å². The molecular weight excluding hydrogens is 477 g/mol. The molecule has 0 bridgehead atoms. The number of rotatable bonds is 2. The Morgan fingerprint density at radius 2 is 0.842 bits per heavy atom. The largest absolute Gasteiger partial charge is 0.416 e. The van der Waals surface area contributed by atoms with Crippen molar-refractivity contribution in [1.29, 1.82) is 0 Å². The molecule has 0 atom stereocenters. The van der Waals surface area contributed by atoms with E-state index >= 15 is 0 Å². The highest BCUT2D eigenvalue weighted by molar-refractivity contribution is 6.25. The lowest BCUT2D eigenvalue weighted by Gasteiger charge is -2.19. The summed E-state index contributed by atoms with van der Waals surface area (Å²) >= 11 is 0. The van der Waals surface area contributed by atoms with E-state index in [1.54, 1.807) is 12.1 Å². The van der Waals surface area contributed by atoms with Crippen molar-refractivity contribution in [3.05, 3.63) is 133 Å². The van der Waals surface area contributed by atoms with Crippen molar-refractivity contribution in [3.63, 3.8) is 0 Å². The van der Waals surface area contributed by atoms with E-state index in [1.807, 2.05) is 24.3 Å². The molecule has 0 radical (unpaired) electrons. The van der Waals surface area contributed by atoms with Crippen LogP contribution < -0.4 is 0 Å². The van der Waals surface area contributed by atoms with Gasteiger partial charge in [-0.3, -0.25) is 0 Å². The summed E-state index contributed by atoms with van der Waals surface area (Å²) in [7, 11) is 0. The summed E-state index contributed by atoms with van der Waals surface area (Å²) < 4.78 is 39.9. The molecule has 7 rings (SSSR count). The maximum Gasteiger partial charge on any atom is 0.416 e. The average molecular weight is 499 g/mol. The summed E-state index contributed by atoms with van der Waals surface area (Å²) in [4.78, 5) is 0. The zero-order valence-electron chi connectivity index (χ0n) is 20.3. The zero-order valence-corrected chi connectivity index (χ0v) is 20.3. The predicted octanol–water partition coefficient (Wildman–Crippen LogP) is 10.7. The first-order valence-electron chi connectivity index (χ1n) is 12.5. The van der Waals surface area contributed by atoms with Crippen LogP contribution in [0.1, 0.15) is 5.56 Å². The minimum atomic E-state index is -4.37. The number of hydrogen-bond donors (Lipinski definition) is 0. The van der Waals surface area contributed by atoms with Crippen LogP contribution in [0, 0.1) is 0 Å². The van der Waals surface area contributed by atoms with Gasteiger partial charge in [-0.05, 0) is 83.5 Å². The topological polar surface area (TPSA) is 0 Å². The van der Waals surface area contributed by atoms with Gasteiger partial charge in [-0.15, -0.1) is 0 Å². The number of fused-ring (bicyclic) bond motifs is 5. The van der Waals surface area contributed by atoms with Gasteiger partial charge in [-0.1, -0.05) is 109 Å². The highest BCUT2D eigenvalue weighted by atomic mass is 19.4. The summed E-state index contributed by atoms with van der Waals surface area (Å²) in [6.45, 7) is 0. The van der Waals surface area contributed by atoms with Gasteiger partial charge in [0.1, 0.15) is 0 Å². The molecule has 0 aliphatic carbocycles. The second kappa shape index (κ2) is 8.46. The molecule has 0 amide bonds. The van der Waals surface area contributed by atoms with E-state index in [1.165, 1.54) is 33.7 Å². The lowest BCUT2D eigenvalue weighted by Crippen LogP contribution is -2.04. The Morgan fingerprint density at radius 1 is 0.395 bits per heavy atom. The second-order valence-electron chi connectivity index (χ2n) is 9.61. The Labute approximate surface area is 217 Å². The summed E-state index contributed by atoms with van der Waals surface area (Å²) in [5.41, 5.74) is 3.34. The first-order valence-corrected chi connectivity index (χ1v) is 12.5. The highest BCUT2D eigenvalue weighted by Gasteiger charge is 2.30. The van der Waals surface area contributed by atoms with Crippen LogP contribution in [0.2, 0.25) is 0 Å². The molecule has 0 aliphatic heterocycles. The van der Waals surface area contributed by atoms with Crippen LogP contribution in [-0.2, 0) is 6.18 Å². The molecule has 0 heterocycles. The third-order valence-corrected chi connectivity index (χ3v) is 7.47. The Balaban J connectivity index is 1.62. The molecule has 0 unspecified atom stereocenters. The van der Waals surface area contributed by atoms with Crippen LogP contribution in [0.3, 0.4) is 0 Å². The van der Waals surface area contributed by atoms with Crippen molar-refractivity contribution in [2.24, 2.45) is 0 Å². The zero-order chi connectivity index (χ0) is 25.9. The Morgan fingerprint density at radius 3 is 1.39 bits per heavy atom. The van der Waals surface area contributed by atoms with Crippen molar-refractivity contribution in [2.45, 2.75) is 6.18 Å². The fraction of sp³-hybridized carbons (Fsp3) is 0.0286. The van der Waals surface area contributed by atoms with Crippen LogP contribution in [0.25, 0.3) is 65.3 Å². The van der Waals surface area contributed by atoms with E-state index in [4.69, 9.17) is 0 Å². The van der Waals surface area contributed by atoms with Crippen molar-refractivity contribution in [1.82, 2.24) is 0 Å². The summed E-state index contributed by atoms with van der Waals surface area (Å²) in [6, 6.07) is 41.1. The average Bonchev–Trinajstić information content (AvgIpc) is 2.95. The van der Waals surface area contributed by atoms with Gasteiger partial charge in [-0.25, -0.2) is 0 Å². The summed E-state index contributed by atoms with van der Waals surface area (Å²) in [5, 5.41) is 8.91. The Kier molecular flexibility index (Phi) is 5.02. The maximum absolute atomic E-state index is 13.3. The van der Waals surface area contributed by atoms with Gasteiger partial charge in [0.05, 0.1) is 5.56 Å². The minimum Gasteiger partial charge on any atom is -0.166 e. The normalized spacial score (nSPS) is 12.1. The number of hydrogen-bond acceptors (Lipinski definition) is 0. The van der Waals surface area contributed by atoms with Gasteiger partial charge in [0.15, 0.2) is 0 Å². The smallest absolute Gasteiger partial charge is 0.166 e. The fourth-order valence-electron chi connectivity index (χ4n) is 5.82. The molecule has 0 saturated heterocycles. The minimum absolute atomic E-state index is 0.644. The van der Waals surface area contributed by atoms with Gasteiger partial charge >= 0.3 is 6.18 Å². The van der Waals surface area contributed by atoms with Crippen LogP contribution in [-0.4, -0.2) is 0 Å². The third kappa shape index (κ3) is 3.47. The maximum atomic E-state index is 13.3. The lowest BCUT2D eigenvalue weighted by atomic mass is 9.84. The van der Waals surface area contributed by atoms with Crippen molar-refractivity contribution in [2.75, 3.05) is 0 Å². The van der Waals surface area contributed by atoms with Crippen LogP contribution in [0.5, 0.6) is 0 Å². The lowest BCUT2D eigenvalue weighted by molar-refractivity contribution is -0.137. The van der Waals surface area contributed by atoms with Gasteiger partial charge in [0.2, 0.25) is 0 Å². The van der Waals surface area contributed by atoms with Crippen LogP contribution >= 0.6 is 0 Å². The van der Waals surface area contributed by atoms with Gasteiger partial charge in [-0.2, -0.15) is 13.2 Å². The molecule has 7 aromatic carbocycles. The van der Waals surface area contributed by atoms with Gasteiger partial charge in [0, 0.05) is 0 Å². The second-order valence-corrected chi connectivity index (χ2v) is 9.61. The molecule has 0 aromatic heterocycles. The molecule has 0 spiro atoms. The Bertz CT molecular complexity index is 1940. The molecular formula is C35H21F3. The van der Waals surface area contributed by atoms with E-state index in [-0.39, 0.29) is 0 Å². The van der Waals surface area contributed by atoms with E-state index in [0.29, 0.717) is 0 Å². The fourth-order valence-corrected chi connectivity index (χ4v) is 5.82. The first kappa shape index (κ1) is 22.6. The highest BCUT2D eigenvalue weighted by Crippen LogP contribution is 2.46.